The molecule has 1 atom stereocenters. The van der Waals surface area contributed by atoms with Gasteiger partial charge in [0, 0.05) is 17.3 Å². The summed E-state index contributed by atoms with van der Waals surface area (Å²) < 4.78 is 0.933. The summed E-state index contributed by atoms with van der Waals surface area (Å²) in [5.74, 6) is -1.25. The molecule has 1 aromatic heterocycles. The van der Waals surface area contributed by atoms with E-state index in [-0.39, 0.29) is 24.8 Å². The van der Waals surface area contributed by atoms with Crippen molar-refractivity contribution in [3.05, 3.63) is 56.7 Å². The van der Waals surface area contributed by atoms with Crippen molar-refractivity contribution < 1.29 is 14.7 Å². The summed E-state index contributed by atoms with van der Waals surface area (Å²) in [5.41, 5.74) is 1.84. The monoisotopic (exact) mass is 406 g/mol. The van der Waals surface area contributed by atoms with E-state index in [2.05, 4.69) is 21.0 Å². The van der Waals surface area contributed by atoms with E-state index in [0.717, 1.165) is 20.6 Å². The van der Waals surface area contributed by atoms with Crippen LogP contribution in [0.4, 0.5) is 0 Å². The number of carbonyl (C=O) groups excluding carboxylic acids is 1. The zero-order valence-electron chi connectivity index (χ0n) is 12.7. The van der Waals surface area contributed by atoms with Crippen LogP contribution in [-0.2, 0) is 9.59 Å². The zero-order valence-corrected chi connectivity index (χ0v) is 15.1. The van der Waals surface area contributed by atoms with Crippen molar-refractivity contribution in [3.63, 3.8) is 0 Å². The van der Waals surface area contributed by atoms with Crippen LogP contribution in [-0.4, -0.2) is 27.7 Å². The molecule has 0 saturated carbocycles. The fraction of sp³-hybridized carbons (Fsp3) is 0.235. The number of nitrogens with zero attached hydrogens (tertiary/aromatic N) is 2. The molecular weight excluding hydrogens is 392 g/mol. The van der Waals surface area contributed by atoms with E-state index in [1.54, 1.807) is 11.3 Å². The molecule has 0 fully saturated rings. The molecule has 124 valence electrons. The number of carbonyl (C=O) groups is 2. The highest BCUT2D eigenvalue weighted by atomic mass is 79.9. The van der Waals surface area contributed by atoms with Crippen molar-refractivity contribution in [1.82, 2.24) is 5.01 Å². The van der Waals surface area contributed by atoms with Crippen LogP contribution in [0.2, 0.25) is 0 Å². The van der Waals surface area contributed by atoms with Crippen molar-refractivity contribution >= 4 is 44.9 Å². The maximum atomic E-state index is 12.5. The predicted octanol–water partition coefficient (Wildman–Crippen LogP) is 4.05. The third-order valence-electron chi connectivity index (χ3n) is 3.76. The van der Waals surface area contributed by atoms with Crippen LogP contribution in [0.5, 0.6) is 0 Å². The molecule has 3 rings (SSSR count). The van der Waals surface area contributed by atoms with Gasteiger partial charge in [-0.1, -0.05) is 34.1 Å². The maximum absolute atomic E-state index is 12.5. The smallest absolute Gasteiger partial charge is 0.303 e. The lowest BCUT2D eigenvalue weighted by Crippen LogP contribution is -2.27. The molecule has 1 amide bonds. The number of hydrazone groups is 1. The summed E-state index contributed by atoms with van der Waals surface area (Å²) in [5, 5.41) is 16.7. The second-order valence-corrected chi connectivity index (χ2v) is 7.29. The molecule has 5 nitrogen and oxygen atoms in total. The lowest BCUT2D eigenvalue weighted by atomic mass is 10.0. The topological polar surface area (TPSA) is 70.0 Å². The molecule has 2 aromatic rings. The minimum Gasteiger partial charge on any atom is -0.481 e. The molecular formula is C17H15BrN2O3S. The first-order valence-corrected chi connectivity index (χ1v) is 9.12. The van der Waals surface area contributed by atoms with Gasteiger partial charge in [0.1, 0.15) is 0 Å². The van der Waals surface area contributed by atoms with Crippen LogP contribution in [0.15, 0.2) is 51.4 Å². The van der Waals surface area contributed by atoms with E-state index in [0.29, 0.717) is 6.42 Å². The van der Waals surface area contributed by atoms with Gasteiger partial charge in [-0.15, -0.1) is 11.3 Å². The van der Waals surface area contributed by atoms with Crippen LogP contribution in [0, 0.1) is 0 Å². The summed E-state index contributed by atoms with van der Waals surface area (Å²) >= 11 is 5.03. The first-order chi connectivity index (χ1) is 11.5. The normalized spacial score (nSPS) is 17.0. The van der Waals surface area contributed by atoms with Gasteiger partial charge in [0.2, 0.25) is 5.91 Å². The van der Waals surface area contributed by atoms with Crippen LogP contribution in [0.3, 0.4) is 0 Å². The Labute approximate surface area is 151 Å². The first-order valence-electron chi connectivity index (χ1n) is 7.45. The summed E-state index contributed by atoms with van der Waals surface area (Å²) in [6, 6.07) is 11.5. The fourth-order valence-corrected chi connectivity index (χ4v) is 3.77. The Morgan fingerprint density at radius 2 is 2.12 bits per heavy atom. The molecule has 2 heterocycles. The van der Waals surface area contributed by atoms with Crippen LogP contribution < -0.4 is 0 Å². The summed E-state index contributed by atoms with van der Waals surface area (Å²) in [6.45, 7) is 0. The SMILES string of the molecule is O=C(O)CCC(=O)N1N=C(c2cccs2)C[C@@H]1c1cccc(Br)c1. The fourth-order valence-electron chi connectivity index (χ4n) is 2.63. The Bertz CT molecular complexity index is 789. The molecule has 0 radical (unpaired) electrons. The molecule has 1 aliphatic heterocycles. The van der Waals surface area contributed by atoms with Crippen molar-refractivity contribution in [2.24, 2.45) is 5.10 Å². The van der Waals surface area contributed by atoms with Gasteiger partial charge < -0.3 is 5.11 Å². The standard InChI is InChI=1S/C17H15BrN2O3S/c18-12-4-1-3-11(9-12)14-10-13(15-5-2-8-24-15)19-20(14)16(21)6-7-17(22)23/h1-5,8-9,14H,6-7,10H2,(H,22,23)/t14-/m1/s1. The van der Waals surface area contributed by atoms with Gasteiger partial charge in [-0.05, 0) is 29.1 Å². The number of hydrogen-bond donors (Lipinski definition) is 1. The number of aliphatic carboxylic acids is 1. The van der Waals surface area contributed by atoms with E-state index >= 15 is 0 Å². The van der Waals surface area contributed by atoms with Gasteiger partial charge in [0.25, 0.3) is 0 Å². The van der Waals surface area contributed by atoms with E-state index in [1.165, 1.54) is 5.01 Å². The van der Waals surface area contributed by atoms with Gasteiger partial charge in [0.05, 0.1) is 23.1 Å². The van der Waals surface area contributed by atoms with Crippen molar-refractivity contribution in [3.8, 4) is 0 Å². The molecule has 1 aliphatic rings. The van der Waals surface area contributed by atoms with Gasteiger partial charge in [-0.25, -0.2) is 5.01 Å². The molecule has 0 aliphatic carbocycles. The van der Waals surface area contributed by atoms with E-state index in [9.17, 15) is 9.59 Å². The third kappa shape index (κ3) is 3.73. The van der Waals surface area contributed by atoms with Gasteiger partial charge in [-0.2, -0.15) is 5.10 Å². The van der Waals surface area contributed by atoms with Crippen molar-refractivity contribution in [2.45, 2.75) is 25.3 Å². The van der Waals surface area contributed by atoms with E-state index < -0.39 is 5.97 Å². The van der Waals surface area contributed by atoms with Crippen molar-refractivity contribution in [2.75, 3.05) is 0 Å². The Morgan fingerprint density at radius 3 is 2.79 bits per heavy atom. The minimum absolute atomic E-state index is 0.0545. The van der Waals surface area contributed by atoms with Crippen molar-refractivity contribution in [1.29, 1.82) is 0 Å². The Morgan fingerprint density at radius 1 is 1.29 bits per heavy atom. The molecule has 0 bridgehead atoms. The Hall–Kier alpha value is -1.99. The highest BCUT2D eigenvalue weighted by Crippen LogP contribution is 2.35. The summed E-state index contributed by atoms with van der Waals surface area (Å²) in [4.78, 5) is 24.3. The molecule has 0 spiro atoms. The summed E-state index contributed by atoms with van der Waals surface area (Å²) in [7, 11) is 0. The minimum atomic E-state index is -0.982. The average molecular weight is 407 g/mol. The number of thiophene rings is 1. The Balaban J connectivity index is 1.89. The lowest BCUT2D eigenvalue weighted by molar-refractivity contribution is -0.141. The molecule has 1 N–H and O–H groups in total. The average Bonchev–Trinajstić information content (AvgIpc) is 3.21. The predicted molar refractivity (Wildman–Crippen MR) is 96.1 cm³/mol. The van der Waals surface area contributed by atoms with Crippen LogP contribution in [0.25, 0.3) is 0 Å². The zero-order chi connectivity index (χ0) is 17.1. The summed E-state index contributed by atoms with van der Waals surface area (Å²) in [6.07, 6.45) is 0.376. The Kier molecular flexibility index (Phi) is 5.11. The number of carboxylic acids is 1. The highest BCUT2D eigenvalue weighted by molar-refractivity contribution is 9.10. The number of rotatable bonds is 5. The maximum Gasteiger partial charge on any atom is 0.303 e. The lowest BCUT2D eigenvalue weighted by Gasteiger charge is -2.22. The highest BCUT2D eigenvalue weighted by Gasteiger charge is 2.33. The molecule has 1 aromatic carbocycles. The molecule has 0 saturated heterocycles. The number of benzene rings is 1. The number of carboxylic acid groups (broad SMARTS) is 1. The molecule has 24 heavy (non-hydrogen) atoms. The number of amides is 1. The van der Waals surface area contributed by atoms with Crippen LogP contribution >= 0.6 is 27.3 Å². The van der Waals surface area contributed by atoms with Gasteiger partial charge in [0.15, 0.2) is 0 Å². The second kappa shape index (κ2) is 7.27. The first kappa shape index (κ1) is 16.9. The quantitative estimate of drug-likeness (QED) is 0.813. The van der Waals surface area contributed by atoms with Crippen LogP contribution in [0.1, 0.15) is 35.7 Å². The number of hydrogen-bond acceptors (Lipinski definition) is 4. The molecule has 0 unspecified atom stereocenters. The third-order valence-corrected chi connectivity index (χ3v) is 5.17. The second-order valence-electron chi connectivity index (χ2n) is 5.43. The largest absolute Gasteiger partial charge is 0.481 e. The molecule has 7 heteroatoms. The van der Waals surface area contributed by atoms with E-state index in [1.807, 2.05) is 41.8 Å². The van der Waals surface area contributed by atoms with Gasteiger partial charge >= 0.3 is 5.97 Å². The van der Waals surface area contributed by atoms with E-state index in [4.69, 9.17) is 5.11 Å². The number of halogens is 1. The van der Waals surface area contributed by atoms with Gasteiger partial charge in [-0.3, -0.25) is 9.59 Å².